The highest BCUT2D eigenvalue weighted by Crippen LogP contribution is 2.30. The van der Waals surface area contributed by atoms with E-state index in [1.54, 1.807) is 14.2 Å². The first-order valence-corrected chi connectivity index (χ1v) is 7.79. The molecule has 0 bridgehead atoms. The number of carbonyl (C=O) groups excluding carboxylic acids is 1. The SMILES string of the molecule is COc1cccc(CC(=O)N2CC[C@@H](OC)[C@H]3OCC[C@@H]32)c1. The van der Waals surface area contributed by atoms with E-state index in [2.05, 4.69) is 0 Å². The van der Waals surface area contributed by atoms with Crippen LogP contribution in [0.2, 0.25) is 0 Å². The third-order valence-corrected chi connectivity index (χ3v) is 4.64. The van der Waals surface area contributed by atoms with Gasteiger partial charge >= 0.3 is 0 Å². The lowest BCUT2D eigenvalue weighted by Crippen LogP contribution is -2.55. The van der Waals surface area contributed by atoms with Crippen LogP contribution in [0.3, 0.4) is 0 Å². The summed E-state index contributed by atoms with van der Waals surface area (Å²) in [5.74, 6) is 0.939. The van der Waals surface area contributed by atoms with Crippen LogP contribution in [0.15, 0.2) is 24.3 Å². The van der Waals surface area contributed by atoms with Gasteiger partial charge in [0.2, 0.25) is 5.91 Å². The van der Waals surface area contributed by atoms with Crippen LogP contribution in [0.4, 0.5) is 0 Å². The predicted molar refractivity (Wildman–Crippen MR) is 82.0 cm³/mol. The van der Waals surface area contributed by atoms with Crippen molar-refractivity contribution < 1.29 is 19.0 Å². The van der Waals surface area contributed by atoms with Crippen molar-refractivity contribution in [1.29, 1.82) is 0 Å². The second-order valence-corrected chi connectivity index (χ2v) is 5.87. The molecule has 1 aromatic carbocycles. The highest BCUT2D eigenvalue weighted by molar-refractivity contribution is 5.79. The van der Waals surface area contributed by atoms with Crippen molar-refractivity contribution in [2.45, 2.75) is 37.5 Å². The van der Waals surface area contributed by atoms with Gasteiger partial charge in [-0.1, -0.05) is 12.1 Å². The average Bonchev–Trinajstić information content (AvgIpc) is 3.03. The third kappa shape index (κ3) is 2.96. The number of methoxy groups -OCH3 is 2. The van der Waals surface area contributed by atoms with Crippen LogP contribution in [-0.2, 0) is 20.7 Å². The molecule has 2 heterocycles. The first kappa shape index (κ1) is 15.3. The molecular weight excluding hydrogens is 282 g/mol. The number of likely N-dealkylation sites (tertiary alicyclic amines) is 1. The highest BCUT2D eigenvalue weighted by atomic mass is 16.5. The minimum Gasteiger partial charge on any atom is -0.497 e. The molecule has 0 N–H and O–H groups in total. The zero-order valence-corrected chi connectivity index (χ0v) is 13.2. The fourth-order valence-electron chi connectivity index (χ4n) is 3.51. The molecule has 1 amide bonds. The van der Waals surface area contributed by atoms with Gasteiger partial charge in [0.15, 0.2) is 0 Å². The number of rotatable bonds is 4. The molecule has 1 aromatic rings. The standard InChI is InChI=1S/C17H23NO4/c1-20-13-5-3-4-12(10-13)11-16(19)18-8-6-15(21-2)17-14(18)7-9-22-17/h3-5,10,14-15,17H,6-9,11H2,1-2H3/t14-,15+,17-/m0/s1. The smallest absolute Gasteiger partial charge is 0.227 e. The van der Waals surface area contributed by atoms with Crippen LogP contribution >= 0.6 is 0 Å². The Morgan fingerprint density at radius 1 is 1.36 bits per heavy atom. The van der Waals surface area contributed by atoms with Crippen molar-refractivity contribution in [2.24, 2.45) is 0 Å². The maximum absolute atomic E-state index is 12.7. The quantitative estimate of drug-likeness (QED) is 0.848. The summed E-state index contributed by atoms with van der Waals surface area (Å²) in [5.41, 5.74) is 0.980. The van der Waals surface area contributed by atoms with Gasteiger partial charge in [0, 0.05) is 20.3 Å². The van der Waals surface area contributed by atoms with Crippen molar-refractivity contribution in [3.8, 4) is 5.75 Å². The number of benzene rings is 1. The van der Waals surface area contributed by atoms with E-state index in [0.717, 1.165) is 30.7 Å². The summed E-state index contributed by atoms with van der Waals surface area (Å²) in [7, 11) is 3.36. The Morgan fingerprint density at radius 2 is 2.23 bits per heavy atom. The molecule has 0 saturated carbocycles. The van der Waals surface area contributed by atoms with Crippen LogP contribution in [0.25, 0.3) is 0 Å². The predicted octanol–water partition coefficient (Wildman–Crippen LogP) is 1.64. The zero-order chi connectivity index (χ0) is 15.5. The van der Waals surface area contributed by atoms with Crippen molar-refractivity contribution in [3.63, 3.8) is 0 Å². The van der Waals surface area contributed by atoms with E-state index < -0.39 is 0 Å². The van der Waals surface area contributed by atoms with E-state index in [1.165, 1.54) is 0 Å². The minimum atomic E-state index is 0.0213. The van der Waals surface area contributed by atoms with E-state index in [-0.39, 0.29) is 24.2 Å². The number of carbonyl (C=O) groups is 1. The van der Waals surface area contributed by atoms with Gasteiger partial charge < -0.3 is 19.1 Å². The Balaban J connectivity index is 1.69. The van der Waals surface area contributed by atoms with Gasteiger partial charge in [-0.2, -0.15) is 0 Å². The Morgan fingerprint density at radius 3 is 3.00 bits per heavy atom. The average molecular weight is 305 g/mol. The topological polar surface area (TPSA) is 48.0 Å². The van der Waals surface area contributed by atoms with Gasteiger partial charge in [0.25, 0.3) is 0 Å². The molecule has 3 rings (SSSR count). The fraction of sp³-hybridized carbons (Fsp3) is 0.588. The summed E-state index contributed by atoms with van der Waals surface area (Å²) in [4.78, 5) is 14.7. The molecule has 0 unspecified atom stereocenters. The largest absolute Gasteiger partial charge is 0.497 e. The first-order valence-electron chi connectivity index (χ1n) is 7.79. The molecule has 0 aliphatic carbocycles. The van der Waals surface area contributed by atoms with Crippen molar-refractivity contribution in [1.82, 2.24) is 4.90 Å². The molecular formula is C17H23NO4. The van der Waals surface area contributed by atoms with Crippen LogP contribution < -0.4 is 4.74 Å². The van der Waals surface area contributed by atoms with Crippen molar-refractivity contribution in [3.05, 3.63) is 29.8 Å². The van der Waals surface area contributed by atoms with Gasteiger partial charge in [-0.25, -0.2) is 0 Å². The molecule has 3 atom stereocenters. The molecule has 2 aliphatic rings. The number of fused-ring (bicyclic) bond motifs is 1. The van der Waals surface area contributed by atoms with Crippen LogP contribution in [0, 0.1) is 0 Å². The first-order chi connectivity index (χ1) is 10.7. The maximum atomic E-state index is 12.7. The van der Waals surface area contributed by atoms with Gasteiger partial charge in [-0.05, 0) is 30.5 Å². The molecule has 22 heavy (non-hydrogen) atoms. The van der Waals surface area contributed by atoms with E-state index in [1.807, 2.05) is 29.2 Å². The molecule has 5 heteroatoms. The summed E-state index contributed by atoms with van der Waals surface area (Å²) in [6.07, 6.45) is 2.26. The van der Waals surface area contributed by atoms with Gasteiger partial charge in [-0.15, -0.1) is 0 Å². The van der Waals surface area contributed by atoms with Crippen molar-refractivity contribution in [2.75, 3.05) is 27.4 Å². The Bertz CT molecular complexity index is 533. The number of piperidine rings is 1. The van der Waals surface area contributed by atoms with Crippen LogP contribution in [0.5, 0.6) is 5.75 Å². The summed E-state index contributed by atoms with van der Waals surface area (Å²) in [5, 5.41) is 0. The van der Waals surface area contributed by atoms with E-state index in [0.29, 0.717) is 13.0 Å². The van der Waals surface area contributed by atoms with Crippen molar-refractivity contribution >= 4 is 5.91 Å². The van der Waals surface area contributed by atoms with Gasteiger partial charge in [0.1, 0.15) is 11.9 Å². The normalized spacial score (nSPS) is 27.5. The van der Waals surface area contributed by atoms with Crippen LogP contribution in [-0.4, -0.2) is 56.4 Å². The number of hydrogen-bond donors (Lipinski definition) is 0. The molecule has 2 fully saturated rings. The summed E-state index contributed by atoms with van der Waals surface area (Å²) in [6, 6.07) is 7.84. The Labute approximate surface area is 131 Å². The second kappa shape index (κ2) is 6.67. The summed E-state index contributed by atoms with van der Waals surface area (Å²) >= 11 is 0. The molecule has 0 spiro atoms. The van der Waals surface area contributed by atoms with E-state index >= 15 is 0 Å². The minimum absolute atomic E-state index is 0.0213. The molecule has 2 aliphatic heterocycles. The molecule has 2 saturated heterocycles. The lowest BCUT2D eigenvalue weighted by Gasteiger charge is -2.40. The fourth-order valence-corrected chi connectivity index (χ4v) is 3.51. The number of amides is 1. The maximum Gasteiger partial charge on any atom is 0.227 e. The lowest BCUT2D eigenvalue weighted by molar-refractivity contribution is -0.142. The summed E-state index contributed by atoms with van der Waals surface area (Å²) in [6.45, 7) is 1.45. The Hall–Kier alpha value is -1.59. The highest BCUT2D eigenvalue weighted by Gasteiger charge is 2.44. The van der Waals surface area contributed by atoms with E-state index in [4.69, 9.17) is 14.2 Å². The number of ether oxygens (including phenoxy) is 3. The number of hydrogen-bond acceptors (Lipinski definition) is 4. The molecule has 0 aromatic heterocycles. The number of nitrogens with zero attached hydrogens (tertiary/aromatic N) is 1. The Kier molecular flexibility index (Phi) is 4.64. The zero-order valence-electron chi connectivity index (χ0n) is 13.2. The van der Waals surface area contributed by atoms with E-state index in [9.17, 15) is 4.79 Å². The third-order valence-electron chi connectivity index (χ3n) is 4.64. The van der Waals surface area contributed by atoms with Gasteiger partial charge in [-0.3, -0.25) is 4.79 Å². The van der Waals surface area contributed by atoms with Gasteiger partial charge in [0.05, 0.1) is 25.7 Å². The summed E-state index contributed by atoms with van der Waals surface area (Å²) < 4.78 is 16.5. The molecule has 5 nitrogen and oxygen atoms in total. The molecule has 0 radical (unpaired) electrons. The van der Waals surface area contributed by atoms with Crippen LogP contribution in [0.1, 0.15) is 18.4 Å². The second-order valence-electron chi connectivity index (χ2n) is 5.87. The monoisotopic (exact) mass is 305 g/mol. The molecule has 120 valence electrons. The lowest BCUT2D eigenvalue weighted by atomic mass is 9.95.